The second-order valence-corrected chi connectivity index (χ2v) is 7.91. The molecule has 0 unspecified atom stereocenters. The molecular weight excluding hydrogens is 308 g/mol. The van der Waals surface area contributed by atoms with Crippen molar-refractivity contribution in [3.63, 3.8) is 0 Å². The van der Waals surface area contributed by atoms with E-state index >= 15 is 0 Å². The Hall–Kier alpha value is -2.40. The van der Waals surface area contributed by atoms with E-state index in [1.54, 1.807) is 0 Å². The molecule has 2 nitrogen and oxygen atoms in total. The molecule has 0 heterocycles. The van der Waals surface area contributed by atoms with Gasteiger partial charge in [-0.3, -0.25) is 0 Å². The molecule has 2 rings (SSSR count). The van der Waals surface area contributed by atoms with Crippen LogP contribution in [-0.4, -0.2) is 11.2 Å². The fourth-order valence-electron chi connectivity index (χ4n) is 1.93. The van der Waals surface area contributed by atoms with Gasteiger partial charge in [-0.2, -0.15) is 0 Å². The van der Waals surface area contributed by atoms with E-state index in [0.717, 1.165) is 17.1 Å². The molecular formula is C23H30O2. The first kappa shape index (κ1) is 20.6. The van der Waals surface area contributed by atoms with Crippen molar-refractivity contribution in [2.75, 3.05) is 0 Å². The van der Waals surface area contributed by atoms with Gasteiger partial charge in [0.05, 0.1) is 0 Å². The number of hydrogen-bond acceptors (Lipinski definition) is 2. The molecule has 0 N–H and O–H groups in total. The molecule has 0 radical (unpaired) electrons. The molecule has 2 heteroatoms. The fourth-order valence-corrected chi connectivity index (χ4v) is 1.93. The summed E-state index contributed by atoms with van der Waals surface area (Å²) in [7, 11) is 0. The van der Waals surface area contributed by atoms with Crippen LogP contribution in [0.5, 0.6) is 11.5 Å². The van der Waals surface area contributed by atoms with Crippen molar-refractivity contribution in [1.29, 1.82) is 0 Å². The van der Waals surface area contributed by atoms with Crippen LogP contribution in [0.1, 0.15) is 52.7 Å². The number of ether oxygens (including phenoxy) is 2. The van der Waals surface area contributed by atoms with Crippen LogP contribution < -0.4 is 9.47 Å². The first-order valence-corrected chi connectivity index (χ1v) is 8.50. The van der Waals surface area contributed by atoms with E-state index in [1.807, 2.05) is 77.9 Å². The average Bonchev–Trinajstić information content (AvgIpc) is 2.48. The molecule has 2 aromatic carbocycles. The van der Waals surface area contributed by atoms with Crippen molar-refractivity contribution < 1.29 is 9.47 Å². The van der Waals surface area contributed by atoms with E-state index in [0.29, 0.717) is 0 Å². The molecule has 0 amide bonds. The van der Waals surface area contributed by atoms with Gasteiger partial charge in [0, 0.05) is 5.56 Å². The maximum Gasteiger partial charge on any atom is 0.120 e. The standard InChI is InChI=1S/C12H14O.C11H16O/c1-5-10-6-8-11(9-7-10)13-12(2,3)4;1-9-5-7-10(8-6-9)12-11(2,3)4/h1,6-9H,2-4H3;5-8H,1-4H3. The van der Waals surface area contributed by atoms with Gasteiger partial charge in [0.2, 0.25) is 0 Å². The Bertz CT molecular complexity index is 675. The Morgan fingerprint density at radius 3 is 1.36 bits per heavy atom. The first-order chi connectivity index (χ1) is 11.5. The predicted molar refractivity (Wildman–Crippen MR) is 106 cm³/mol. The Morgan fingerprint density at radius 2 is 1.04 bits per heavy atom. The molecule has 0 atom stereocenters. The summed E-state index contributed by atoms with van der Waals surface area (Å²) in [6.45, 7) is 14.3. The summed E-state index contributed by atoms with van der Waals surface area (Å²) >= 11 is 0. The Morgan fingerprint density at radius 1 is 0.680 bits per heavy atom. The van der Waals surface area contributed by atoms with E-state index in [9.17, 15) is 0 Å². The van der Waals surface area contributed by atoms with E-state index in [1.165, 1.54) is 5.56 Å². The molecule has 0 aliphatic heterocycles. The lowest BCUT2D eigenvalue weighted by molar-refractivity contribution is 0.130. The summed E-state index contributed by atoms with van der Waals surface area (Å²) in [6, 6.07) is 15.6. The number of hydrogen-bond donors (Lipinski definition) is 0. The summed E-state index contributed by atoms with van der Waals surface area (Å²) in [4.78, 5) is 0. The largest absolute Gasteiger partial charge is 0.488 e. The number of terminal acetylenes is 1. The van der Waals surface area contributed by atoms with Crippen LogP contribution in [0.15, 0.2) is 48.5 Å². The summed E-state index contributed by atoms with van der Waals surface area (Å²) in [5.41, 5.74) is 1.88. The highest BCUT2D eigenvalue weighted by Crippen LogP contribution is 2.18. The van der Waals surface area contributed by atoms with Crippen molar-refractivity contribution in [2.45, 2.75) is 59.7 Å². The lowest BCUT2D eigenvalue weighted by Crippen LogP contribution is -2.22. The molecule has 0 saturated heterocycles. The minimum absolute atomic E-state index is 0.102. The van der Waals surface area contributed by atoms with Crippen LogP contribution in [0.25, 0.3) is 0 Å². The van der Waals surface area contributed by atoms with E-state index in [2.05, 4.69) is 25.0 Å². The highest BCUT2D eigenvalue weighted by atomic mass is 16.5. The van der Waals surface area contributed by atoms with Gasteiger partial charge in [-0.05, 0) is 84.9 Å². The van der Waals surface area contributed by atoms with Gasteiger partial charge >= 0.3 is 0 Å². The lowest BCUT2D eigenvalue weighted by Gasteiger charge is -2.21. The first-order valence-electron chi connectivity index (χ1n) is 8.50. The predicted octanol–water partition coefficient (Wildman–Crippen LogP) is 6.02. The fraction of sp³-hybridized carbons (Fsp3) is 0.391. The van der Waals surface area contributed by atoms with E-state index in [4.69, 9.17) is 15.9 Å². The smallest absolute Gasteiger partial charge is 0.120 e. The lowest BCUT2D eigenvalue weighted by atomic mass is 10.2. The van der Waals surface area contributed by atoms with Crippen molar-refractivity contribution >= 4 is 0 Å². The summed E-state index contributed by atoms with van der Waals surface area (Å²) in [5.74, 6) is 4.35. The zero-order valence-electron chi connectivity index (χ0n) is 16.5. The molecule has 0 aliphatic rings. The monoisotopic (exact) mass is 338 g/mol. The number of rotatable bonds is 2. The van der Waals surface area contributed by atoms with Crippen LogP contribution in [0.4, 0.5) is 0 Å². The topological polar surface area (TPSA) is 18.5 Å². The third kappa shape index (κ3) is 9.47. The van der Waals surface area contributed by atoms with Crippen LogP contribution in [-0.2, 0) is 0 Å². The number of benzene rings is 2. The maximum absolute atomic E-state index is 5.66. The van der Waals surface area contributed by atoms with Crippen LogP contribution in [0.2, 0.25) is 0 Å². The Labute approximate surface area is 153 Å². The molecule has 0 aliphatic carbocycles. The highest BCUT2D eigenvalue weighted by molar-refractivity contribution is 5.36. The van der Waals surface area contributed by atoms with Crippen molar-refractivity contribution in [2.24, 2.45) is 0 Å². The van der Waals surface area contributed by atoms with Crippen molar-refractivity contribution in [3.05, 3.63) is 59.7 Å². The van der Waals surface area contributed by atoms with Gasteiger partial charge in [-0.1, -0.05) is 23.6 Å². The minimum Gasteiger partial charge on any atom is -0.488 e. The molecule has 0 aromatic heterocycles. The van der Waals surface area contributed by atoms with Crippen LogP contribution in [0, 0.1) is 19.3 Å². The maximum atomic E-state index is 5.66. The van der Waals surface area contributed by atoms with Gasteiger partial charge in [-0.15, -0.1) is 6.42 Å². The summed E-state index contributed by atoms with van der Waals surface area (Å²) in [6.07, 6.45) is 5.24. The van der Waals surface area contributed by atoms with Gasteiger partial charge in [0.25, 0.3) is 0 Å². The Kier molecular flexibility index (Phi) is 7.12. The van der Waals surface area contributed by atoms with Crippen molar-refractivity contribution in [1.82, 2.24) is 0 Å². The average molecular weight is 338 g/mol. The summed E-state index contributed by atoms with van der Waals surface area (Å²) < 4.78 is 11.3. The van der Waals surface area contributed by atoms with Gasteiger partial charge < -0.3 is 9.47 Å². The molecule has 0 saturated carbocycles. The number of aryl methyl sites for hydroxylation is 1. The molecule has 134 valence electrons. The molecule has 0 fully saturated rings. The molecule has 25 heavy (non-hydrogen) atoms. The molecule has 2 aromatic rings. The quantitative estimate of drug-likeness (QED) is 0.624. The van der Waals surface area contributed by atoms with Crippen molar-refractivity contribution in [3.8, 4) is 23.8 Å². The van der Waals surface area contributed by atoms with Gasteiger partial charge in [0.1, 0.15) is 22.7 Å². The van der Waals surface area contributed by atoms with Gasteiger partial charge in [-0.25, -0.2) is 0 Å². The third-order valence-corrected chi connectivity index (χ3v) is 2.89. The second kappa shape index (κ2) is 8.62. The highest BCUT2D eigenvalue weighted by Gasteiger charge is 2.11. The second-order valence-electron chi connectivity index (χ2n) is 7.91. The zero-order chi connectivity index (χ0) is 19.1. The Balaban J connectivity index is 0.000000251. The van der Waals surface area contributed by atoms with Crippen LogP contribution >= 0.6 is 0 Å². The van der Waals surface area contributed by atoms with Gasteiger partial charge in [0.15, 0.2) is 0 Å². The zero-order valence-corrected chi connectivity index (χ0v) is 16.5. The minimum atomic E-state index is -0.155. The van der Waals surface area contributed by atoms with E-state index < -0.39 is 0 Å². The van der Waals surface area contributed by atoms with Crippen LogP contribution in [0.3, 0.4) is 0 Å². The molecule has 0 spiro atoms. The SMILES string of the molecule is C#Cc1ccc(OC(C)(C)C)cc1.Cc1ccc(OC(C)(C)C)cc1. The molecule has 0 bridgehead atoms. The van der Waals surface area contributed by atoms with E-state index in [-0.39, 0.29) is 11.2 Å². The normalized spacial score (nSPS) is 11.0. The third-order valence-electron chi connectivity index (χ3n) is 2.89. The summed E-state index contributed by atoms with van der Waals surface area (Å²) in [5, 5.41) is 0.